The lowest BCUT2D eigenvalue weighted by Crippen LogP contribution is -2.31. The van der Waals surface area contributed by atoms with E-state index in [0.29, 0.717) is 0 Å². The van der Waals surface area contributed by atoms with Crippen LogP contribution in [0.25, 0.3) is 0 Å². The summed E-state index contributed by atoms with van der Waals surface area (Å²) < 4.78 is 22.2. The van der Waals surface area contributed by atoms with E-state index in [1.54, 1.807) is 6.92 Å². The van der Waals surface area contributed by atoms with Crippen molar-refractivity contribution in [2.24, 2.45) is 0 Å². The standard InChI is InChI=1S/C6H11ClO2S/c1-5-2-3-6(7)4-10(5,8)9/h5-6H,2-4H2,1H3. The number of rotatable bonds is 0. The summed E-state index contributed by atoms with van der Waals surface area (Å²) in [7, 11) is -2.84. The highest BCUT2D eigenvalue weighted by Gasteiger charge is 2.29. The molecule has 0 aromatic heterocycles. The summed E-state index contributed by atoms with van der Waals surface area (Å²) in [5.41, 5.74) is 0. The molecule has 0 radical (unpaired) electrons. The Morgan fingerprint density at radius 3 is 2.40 bits per heavy atom. The van der Waals surface area contributed by atoms with E-state index in [2.05, 4.69) is 0 Å². The Labute approximate surface area is 66.5 Å². The summed E-state index contributed by atoms with van der Waals surface area (Å²) in [6.45, 7) is 1.75. The molecule has 0 aliphatic carbocycles. The maximum atomic E-state index is 11.1. The second kappa shape index (κ2) is 2.70. The molecular weight excluding hydrogens is 172 g/mol. The van der Waals surface area contributed by atoms with Crippen molar-refractivity contribution in [1.29, 1.82) is 0 Å². The number of hydrogen-bond acceptors (Lipinski definition) is 2. The molecule has 0 aromatic rings. The molecule has 1 saturated heterocycles. The highest BCUT2D eigenvalue weighted by atomic mass is 35.5. The van der Waals surface area contributed by atoms with Gasteiger partial charge in [0.25, 0.3) is 0 Å². The minimum atomic E-state index is -2.84. The van der Waals surface area contributed by atoms with Gasteiger partial charge in [-0.2, -0.15) is 0 Å². The molecule has 0 bridgehead atoms. The summed E-state index contributed by atoms with van der Waals surface area (Å²) in [6.07, 6.45) is 1.55. The summed E-state index contributed by atoms with van der Waals surface area (Å²) in [4.78, 5) is 0. The van der Waals surface area contributed by atoms with Crippen LogP contribution in [0.5, 0.6) is 0 Å². The average molecular weight is 183 g/mol. The molecule has 1 fully saturated rings. The predicted octanol–water partition coefficient (Wildman–Crippen LogP) is 1.19. The molecule has 1 aliphatic heterocycles. The lowest BCUT2D eigenvalue weighted by Gasteiger charge is -2.21. The third kappa shape index (κ3) is 1.64. The fourth-order valence-corrected chi connectivity index (χ4v) is 3.24. The summed E-state index contributed by atoms with van der Waals surface area (Å²) in [6, 6.07) is 0. The molecular formula is C6H11ClO2S. The van der Waals surface area contributed by atoms with E-state index in [4.69, 9.17) is 11.6 Å². The van der Waals surface area contributed by atoms with Crippen LogP contribution in [0.15, 0.2) is 0 Å². The lowest BCUT2D eigenvalue weighted by molar-refractivity contribution is 0.551. The first-order valence-electron chi connectivity index (χ1n) is 3.38. The van der Waals surface area contributed by atoms with Crippen LogP contribution >= 0.6 is 11.6 Å². The fourth-order valence-electron chi connectivity index (χ4n) is 1.09. The molecule has 2 nitrogen and oxygen atoms in total. The van der Waals surface area contributed by atoms with Gasteiger partial charge < -0.3 is 0 Å². The largest absolute Gasteiger partial charge is 0.229 e. The molecule has 2 unspecified atom stereocenters. The van der Waals surface area contributed by atoms with E-state index in [-0.39, 0.29) is 16.4 Å². The zero-order chi connectivity index (χ0) is 7.78. The lowest BCUT2D eigenvalue weighted by atomic mass is 10.2. The molecule has 10 heavy (non-hydrogen) atoms. The van der Waals surface area contributed by atoms with Gasteiger partial charge in [0, 0.05) is 5.38 Å². The molecule has 0 spiro atoms. The minimum Gasteiger partial charge on any atom is -0.229 e. The van der Waals surface area contributed by atoms with Crippen LogP contribution in [0, 0.1) is 0 Å². The highest BCUT2D eigenvalue weighted by Crippen LogP contribution is 2.22. The smallest absolute Gasteiger partial charge is 0.154 e. The Morgan fingerprint density at radius 2 is 2.00 bits per heavy atom. The van der Waals surface area contributed by atoms with Gasteiger partial charge in [0.1, 0.15) is 0 Å². The van der Waals surface area contributed by atoms with Crippen molar-refractivity contribution in [3.63, 3.8) is 0 Å². The molecule has 1 heterocycles. The monoisotopic (exact) mass is 182 g/mol. The molecule has 60 valence electrons. The first-order valence-corrected chi connectivity index (χ1v) is 5.53. The fraction of sp³-hybridized carbons (Fsp3) is 1.00. The van der Waals surface area contributed by atoms with E-state index in [1.165, 1.54) is 0 Å². The third-order valence-electron chi connectivity index (χ3n) is 1.91. The zero-order valence-electron chi connectivity index (χ0n) is 5.88. The van der Waals surface area contributed by atoms with Crippen LogP contribution in [0.3, 0.4) is 0 Å². The van der Waals surface area contributed by atoms with Crippen molar-refractivity contribution < 1.29 is 8.42 Å². The van der Waals surface area contributed by atoms with Crippen molar-refractivity contribution in [3.8, 4) is 0 Å². The van der Waals surface area contributed by atoms with Crippen molar-refractivity contribution in [2.75, 3.05) is 5.75 Å². The quantitative estimate of drug-likeness (QED) is 0.528. The van der Waals surface area contributed by atoms with Crippen LogP contribution in [0.1, 0.15) is 19.8 Å². The van der Waals surface area contributed by atoms with Gasteiger partial charge in [-0.15, -0.1) is 11.6 Å². The minimum absolute atomic E-state index is 0.152. The Bertz CT molecular complexity index is 210. The van der Waals surface area contributed by atoms with Crippen LogP contribution in [0.2, 0.25) is 0 Å². The van der Waals surface area contributed by atoms with Crippen molar-refractivity contribution in [3.05, 3.63) is 0 Å². The van der Waals surface area contributed by atoms with Crippen LogP contribution < -0.4 is 0 Å². The zero-order valence-corrected chi connectivity index (χ0v) is 7.45. The third-order valence-corrected chi connectivity index (χ3v) is 4.80. The second-order valence-electron chi connectivity index (χ2n) is 2.81. The van der Waals surface area contributed by atoms with Crippen LogP contribution in [-0.2, 0) is 9.84 Å². The van der Waals surface area contributed by atoms with Crippen LogP contribution in [0.4, 0.5) is 0 Å². The first kappa shape index (κ1) is 8.34. The predicted molar refractivity (Wildman–Crippen MR) is 42.1 cm³/mol. The Kier molecular flexibility index (Phi) is 2.25. The molecule has 0 N–H and O–H groups in total. The molecule has 0 saturated carbocycles. The molecule has 0 amide bonds. The molecule has 0 aromatic carbocycles. The maximum Gasteiger partial charge on any atom is 0.154 e. The normalized spacial score (nSPS) is 39.4. The van der Waals surface area contributed by atoms with Crippen molar-refractivity contribution in [1.82, 2.24) is 0 Å². The Balaban J connectivity index is 2.74. The van der Waals surface area contributed by atoms with Gasteiger partial charge in [-0.25, -0.2) is 8.42 Å². The average Bonchev–Trinajstić information content (AvgIpc) is 1.78. The van der Waals surface area contributed by atoms with Gasteiger partial charge in [0.05, 0.1) is 11.0 Å². The Hall–Kier alpha value is 0.240. The first-order chi connectivity index (χ1) is 4.52. The summed E-state index contributed by atoms with van der Waals surface area (Å²) in [5, 5.41) is -0.330. The van der Waals surface area contributed by atoms with Gasteiger partial charge in [-0.1, -0.05) is 0 Å². The summed E-state index contributed by atoms with van der Waals surface area (Å²) >= 11 is 5.69. The van der Waals surface area contributed by atoms with Gasteiger partial charge in [0.15, 0.2) is 9.84 Å². The molecule has 1 rings (SSSR count). The molecule has 2 atom stereocenters. The van der Waals surface area contributed by atoms with E-state index in [0.717, 1.165) is 12.8 Å². The van der Waals surface area contributed by atoms with E-state index in [1.807, 2.05) is 0 Å². The van der Waals surface area contributed by atoms with Crippen molar-refractivity contribution >= 4 is 21.4 Å². The topological polar surface area (TPSA) is 34.1 Å². The number of hydrogen-bond donors (Lipinski definition) is 0. The second-order valence-corrected chi connectivity index (χ2v) is 5.90. The van der Waals surface area contributed by atoms with Gasteiger partial charge >= 0.3 is 0 Å². The number of halogens is 1. The Morgan fingerprint density at radius 1 is 1.40 bits per heavy atom. The van der Waals surface area contributed by atoms with Gasteiger partial charge in [0.2, 0.25) is 0 Å². The summed E-state index contributed by atoms with van der Waals surface area (Å²) in [5.74, 6) is 0.162. The highest BCUT2D eigenvalue weighted by molar-refractivity contribution is 7.92. The molecule has 4 heteroatoms. The number of sulfone groups is 1. The van der Waals surface area contributed by atoms with E-state index < -0.39 is 9.84 Å². The van der Waals surface area contributed by atoms with Crippen LogP contribution in [-0.4, -0.2) is 24.8 Å². The molecule has 1 aliphatic rings. The van der Waals surface area contributed by atoms with Crippen molar-refractivity contribution in [2.45, 2.75) is 30.4 Å². The van der Waals surface area contributed by atoms with E-state index in [9.17, 15) is 8.42 Å². The maximum absolute atomic E-state index is 11.1. The van der Waals surface area contributed by atoms with Gasteiger partial charge in [-0.3, -0.25) is 0 Å². The van der Waals surface area contributed by atoms with Gasteiger partial charge in [-0.05, 0) is 19.8 Å². The van der Waals surface area contributed by atoms with E-state index >= 15 is 0 Å². The SMILES string of the molecule is CC1CCC(Cl)CS1(=O)=O. The number of alkyl halides is 1.